The molecule has 3 rings (SSSR count). The van der Waals surface area contributed by atoms with E-state index in [2.05, 4.69) is 16.0 Å². The largest absolute Gasteiger partial charge is 0.454 e. The van der Waals surface area contributed by atoms with Gasteiger partial charge >= 0.3 is 6.03 Å². The topological polar surface area (TPSA) is 79.5 Å². The van der Waals surface area contributed by atoms with Crippen LogP contribution in [0, 0.1) is 6.92 Å². The molecule has 3 N–H and O–H groups in total. The van der Waals surface area contributed by atoms with Gasteiger partial charge in [0.05, 0.1) is 11.3 Å². The number of hydrogen-bond donors (Lipinski definition) is 3. The van der Waals surface area contributed by atoms with Gasteiger partial charge in [0.25, 0.3) is 5.91 Å². The number of ether oxygens (including phenoxy) is 1. The van der Waals surface area contributed by atoms with Crippen molar-refractivity contribution in [2.75, 3.05) is 17.7 Å². The lowest BCUT2D eigenvalue weighted by Gasteiger charge is -2.10. The van der Waals surface area contributed by atoms with Crippen LogP contribution >= 0.6 is 0 Å². The van der Waals surface area contributed by atoms with Crippen LogP contribution in [0.3, 0.4) is 0 Å². The lowest BCUT2D eigenvalue weighted by Crippen LogP contribution is -2.24. The molecular weight excluding hydrogens is 282 g/mol. The Hall–Kier alpha value is -3.02. The molecule has 0 fully saturated rings. The van der Waals surface area contributed by atoms with Gasteiger partial charge in [-0.1, -0.05) is 6.07 Å². The van der Waals surface area contributed by atoms with Gasteiger partial charge in [-0.2, -0.15) is 0 Å². The van der Waals surface area contributed by atoms with Crippen LogP contribution < -0.4 is 20.7 Å². The van der Waals surface area contributed by atoms with Crippen LogP contribution in [-0.2, 0) is 0 Å². The Balaban J connectivity index is 1.99. The van der Waals surface area contributed by atoms with E-state index in [4.69, 9.17) is 4.74 Å². The summed E-state index contributed by atoms with van der Waals surface area (Å²) >= 11 is 0. The summed E-state index contributed by atoms with van der Waals surface area (Å²) in [5.41, 5.74) is 2.53. The van der Waals surface area contributed by atoms with Crippen LogP contribution in [0.1, 0.15) is 15.9 Å². The van der Waals surface area contributed by atoms with Gasteiger partial charge in [-0.05, 0) is 42.8 Å². The first-order valence-electron chi connectivity index (χ1n) is 6.79. The van der Waals surface area contributed by atoms with Gasteiger partial charge in [0, 0.05) is 12.7 Å². The zero-order valence-corrected chi connectivity index (χ0v) is 12.2. The third-order valence-electron chi connectivity index (χ3n) is 3.31. The minimum atomic E-state index is -0.353. The molecule has 6 heteroatoms. The monoisotopic (exact) mass is 297 g/mol. The molecule has 0 spiro atoms. The van der Waals surface area contributed by atoms with Crippen molar-refractivity contribution in [2.45, 2.75) is 6.92 Å². The summed E-state index contributed by atoms with van der Waals surface area (Å²) in [7, 11) is 1.52. The van der Waals surface area contributed by atoms with Crippen molar-refractivity contribution in [3.63, 3.8) is 0 Å². The van der Waals surface area contributed by atoms with Crippen molar-refractivity contribution in [1.82, 2.24) is 5.32 Å². The van der Waals surface area contributed by atoms with Crippen LogP contribution in [0.25, 0.3) is 0 Å². The Morgan fingerprint density at radius 1 is 1.14 bits per heavy atom. The first kappa shape index (κ1) is 13.9. The average Bonchev–Trinajstić information content (AvgIpc) is 2.63. The minimum absolute atomic E-state index is 0.279. The van der Waals surface area contributed by atoms with Crippen molar-refractivity contribution >= 4 is 23.3 Å². The summed E-state index contributed by atoms with van der Waals surface area (Å²) in [6, 6.07) is 10.1. The molecule has 3 amide bonds. The number of rotatable bonds is 1. The SMILES string of the molecule is CNC(=O)Nc1ccc2c(c1)C(=O)Nc1ccc(C)cc1O2. The van der Waals surface area contributed by atoms with E-state index in [1.807, 2.05) is 19.1 Å². The van der Waals surface area contributed by atoms with Crippen LogP contribution in [-0.4, -0.2) is 19.0 Å². The van der Waals surface area contributed by atoms with Crippen molar-refractivity contribution in [3.05, 3.63) is 47.5 Å². The van der Waals surface area contributed by atoms with Gasteiger partial charge in [-0.25, -0.2) is 4.79 Å². The number of benzene rings is 2. The van der Waals surface area contributed by atoms with Gasteiger partial charge in [0.2, 0.25) is 0 Å². The Morgan fingerprint density at radius 3 is 2.73 bits per heavy atom. The number of aryl methyl sites for hydroxylation is 1. The summed E-state index contributed by atoms with van der Waals surface area (Å²) in [4.78, 5) is 23.7. The molecule has 0 aliphatic carbocycles. The molecule has 0 radical (unpaired) electrons. The Morgan fingerprint density at radius 2 is 1.95 bits per heavy atom. The predicted molar refractivity (Wildman–Crippen MR) is 83.7 cm³/mol. The zero-order chi connectivity index (χ0) is 15.7. The highest BCUT2D eigenvalue weighted by Crippen LogP contribution is 2.37. The van der Waals surface area contributed by atoms with Crippen LogP contribution in [0.15, 0.2) is 36.4 Å². The van der Waals surface area contributed by atoms with E-state index in [0.29, 0.717) is 28.4 Å². The zero-order valence-electron chi connectivity index (χ0n) is 12.2. The number of carbonyl (C=O) groups is 2. The number of urea groups is 1. The Labute approximate surface area is 127 Å². The first-order chi connectivity index (χ1) is 10.6. The fourth-order valence-electron chi connectivity index (χ4n) is 2.19. The molecule has 0 saturated heterocycles. The van der Waals surface area contributed by atoms with Crippen LogP contribution in [0.2, 0.25) is 0 Å². The first-order valence-corrected chi connectivity index (χ1v) is 6.79. The standard InChI is InChI=1S/C16H15N3O3/c1-9-3-5-12-14(7-9)22-13-6-4-10(18-16(21)17-2)8-11(13)15(20)19-12/h3-8H,1-2H3,(H,19,20)(H2,17,18,21). The molecule has 0 saturated carbocycles. The van der Waals surface area contributed by atoms with E-state index < -0.39 is 0 Å². The summed E-state index contributed by atoms with van der Waals surface area (Å²) in [6.07, 6.45) is 0. The van der Waals surface area contributed by atoms with Crippen LogP contribution in [0.5, 0.6) is 11.5 Å². The van der Waals surface area contributed by atoms with Crippen molar-refractivity contribution in [2.24, 2.45) is 0 Å². The van der Waals surface area contributed by atoms with Gasteiger partial charge in [0.1, 0.15) is 5.75 Å². The molecule has 112 valence electrons. The van der Waals surface area contributed by atoms with Crippen molar-refractivity contribution < 1.29 is 14.3 Å². The molecule has 2 aromatic carbocycles. The number of hydrogen-bond acceptors (Lipinski definition) is 3. The number of anilines is 2. The third-order valence-corrected chi connectivity index (χ3v) is 3.31. The van der Waals surface area contributed by atoms with Gasteiger partial charge in [0.15, 0.2) is 5.75 Å². The van der Waals surface area contributed by atoms with E-state index in [1.165, 1.54) is 7.05 Å². The summed E-state index contributed by atoms with van der Waals surface area (Å²) in [5, 5.41) is 7.89. The second-order valence-electron chi connectivity index (χ2n) is 4.97. The minimum Gasteiger partial charge on any atom is -0.454 e. The molecule has 0 bridgehead atoms. The smallest absolute Gasteiger partial charge is 0.318 e. The molecule has 1 aliphatic heterocycles. The maximum atomic E-state index is 12.3. The van der Waals surface area contributed by atoms with Crippen molar-refractivity contribution in [3.8, 4) is 11.5 Å². The molecule has 1 aliphatic rings. The number of carbonyl (C=O) groups excluding carboxylic acids is 2. The van der Waals surface area contributed by atoms with E-state index in [1.54, 1.807) is 24.3 Å². The second kappa shape index (κ2) is 5.40. The molecule has 1 heterocycles. The summed E-state index contributed by atoms with van der Waals surface area (Å²) in [5.74, 6) is 0.765. The molecule has 22 heavy (non-hydrogen) atoms. The lowest BCUT2D eigenvalue weighted by molar-refractivity contribution is 0.102. The Kier molecular flexibility index (Phi) is 3.42. The number of amides is 3. The molecule has 0 atom stereocenters. The van der Waals surface area contributed by atoms with Crippen molar-refractivity contribution in [1.29, 1.82) is 0 Å². The highest BCUT2D eigenvalue weighted by atomic mass is 16.5. The fourth-order valence-corrected chi connectivity index (χ4v) is 2.19. The molecule has 2 aromatic rings. The fraction of sp³-hybridized carbons (Fsp3) is 0.125. The average molecular weight is 297 g/mol. The van der Waals surface area contributed by atoms with E-state index in [0.717, 1.165) is 5.56 Å². The normalized spacial score (nSPS) is 12.2. The highest BCUT2D eigenvalue weighted by Gasteiger charge is 2.21. The van der Waals surface area contributed by atoms with E-state index in [-0.39, 0.29) is 11.9 Å². The maximum absolute atomic E-state index is 12.3. The molecule has 6 nitrogen and oxygen atoms in total. The highest BCUT2D eigenvalue weighted by molar-refractivity contribution is 6.09. The molecular formula is C16H15N3O3. The summed E-state index contributed by atoms with van der Waals surface area (Å²) < 4.78 is 5.83. The third kappa shape index (κ3) is 2.58. The number of nitrogens with one attached hydrogen (secondary N) is 3. The summed E-state index contributed by atoms with van der Waals surface area (Å²) in [6.45, 7) is 1.95. The molecule has 0 aromatic heterocycles. The van der Waals surface area contributed by atoms with Gasteiger partial charge in [-0.3, -0.25) is 4.79 Å². The maximum Gasteiger partial charge on any atom is 0.318 e. The number of fused-ring (bicyclic) bond motifs is 2. The van der Waals surface area contributed by atoms with Gasteiger partial charge < -0.3 is 20.7 Å². The predicted octanol–water partition coefficient (Wildman–Crippen LogP) is 3.10. The Bertz CT molecular complexity index is 771. The quantitative estimate of drug-likeness (QED) is 0.756. The van der Waals surface area contributed by atoms with E-state index in [9.17, 15) is 9.59 Å². The van der Waals surface area contributed by atoms with E-state index >= 15 is 0 Å². The second-order valence-corrected chi connectivity index (χ2v) is 4.97. The molecule has 0 unspecified atom stereocenters. The van der Waals surface area contributed by atoms with Gasteiger partial charge in [-0.15, -0.1) is 0 Å². The lowest BCUT2D eigenvalue weighted by atomic mass is 10.1. The van der Waals surface area contributed by atoms with Crippen LogP contribution in [0.4, 0.5) is 16.2 Å².